The molecule has 1 aromatic rings. The molecule has 1 aliphatic carbocycles. The molecule has 1 saturated carbocycles. The van der Waals surface area contributed by atoms with E-state index in [0.717, 1.165) is 11.3 Å². The molecule has 1 aliphatic rings. The van der Waals surface area contributed by atoms with Gasteiger partial charge in [-0.3, -0.25) is 0 Å². The van der Waals surface area contributed by atoms with Crippen molar-refractivity contribution in [2.75, 3.05) is 13.7 Å². The minimum absolute atomic E-state index is 0.227. The van der Waals surface area contributed by atoms with Gasteiger partial charge in [-0.1, -0.05) is 18.9 Å². The predicted molar refractivity (Wildman–Crippen MR) is 68.2 cm³/mol. The van der Waals surface area contributed by atoms with Crippen molar-refractivity contribution in [3.8, 4) is 5.75 Å². The molecule has 1 atom stereocenters. The van der Waals surface area contributed by atoms with Gasteiger partial charge in [0, 0.05) is 12.1 Å². The molecule has 0 radical (unpaired) electrons. The summed E-state index contributed by atoms with van der Waals surface area (Å²) in [6, 6.07) is 6.12. The summed E-state index contributed by atoms with van der Waals surface area (Å²) >= 11 is 0. The van der Waals surface area contributed by atoms with E-state index in [1.54, 1.807) is 7.11 Å². The molecule has 2 rings (SSSR count). The summed E-state index contributed by atoms with van der Waals surface area (Å²) in [4.78, 5) is 0. The van der Waals surface area contributed by atoms with Gasteiger partial charge in [-0.2, -0.15) is 0 Å². The molecule has 0 aromatic heterocycles. The van der Waals surface area contributed by atoms with Crippen LogP contribution >= 0.6 is 0 Å². The second-order valence-electron chi connectivity index (χ2n) is 4.73. The van der Waals surface area contributed by atoms with E-state index in [2.05, 4.69) is 12.1 Å². The molecule has 1 unspecified atom stereocenters. The van der Waals surface area contributed by atoms with Crippen molar-refractivity contribution in [3.05, 3.63) is 29.3 Å². The van der Waals surface area contributed by atoms with Crippen LogP contribution in [0.15, 0.2) is 18.2 Å². The summed E-state index contributed by atoms with van der Waals surface area (Å²) in [7, 11) is 1.62. The Morgan fingerprint density at radius 1 is 1.41 bits per heavy atom. The van der Waals surface area contributed by atoms with Gasteiger partial charge >= 0.3 is 0 Å². The van der Waals surface area contributed by atoms with E-state index in [9.17, 15) is 5.11 Å². The number of benzene rings is 1. The Hall–Kier alpha value is -1.06. The zero-order chi connectivity index (χ0) is 12.3. The lowest BCUT2D eigenvalue weighted by molar-refractivity contribution is 0.182. The Kier molecular flexibility index (Phi) is 4.02. The summed E-state index contributed by atoms with van der Waals surface area (Å²) in [6.45, 7) is 0.227. The number of hydrogen-bond acceptors (Lipinski definition) is 3. The van der Waals surface area contributed by atoms with Crippen LogP contribution < -0.4 is 10.5 Å². The van der Waals surface area contributed by atoms with Crippen molar-refractivity contribution in [1.29, 1.82) is 0 Å². The van der Waals surface area contributed by atoms with Crippen molar-refractivity contribution in [2.24, 2.45) is 5.73 Å². The molecule has 17 heavy (non-hydrogen) atoms. The number of hydrogen-bond donors (Lipinski definition) is 2. The van der Waals surface area contributed by atoms with Crippen molar-refractivity contribution in [3.63, 3.8) is 0 Å². The van der Waals surface area contributed by atoms with E-state index >= 15 is 0 Å². The Labute approximate surface area is 103 Å². The maximum atomic E-state index is 9.90. The van der Waals surface area contributed by atoms with Gasteiger partial charge in [0.25, 0.3) is 0 Å². The minimum atomic E-state index is -0.633. The molecule has 0 heterocycles. The van der Waals surface area contributed by atoms with Gasteiger partial charge in [0.05, 0.1) is 13.2 Å². The van der Waals surface area contributed by atoms with Crippen LogP contribution in [0.25, 0.3) is 0 Å². The molecule has 0 aliphatic heterocycles. The lowest BCUT2D eigenvalue weighted by atomic mass is 9.94. The van der Waals surface area contributed by atoms with Gasteiger partial charge in [-0.15, -0.1) is 0 Å². The molecule has 3 nitrogen and oxygen atoms in total. The summed E-state index contributed by atoms with van der Waals surface area (Å²) in [5.74, 6) is 1.37. The van der Waals surface area contributed by atoms with Crippen LogP contribution in [0.2, 0.25) is 0 Å². The topological polar surface area (TPSA) is 55.5 Å². The van der Waals surface area contributed by atoms with E-state index in [1.165, 1.54) is 31.2 Å². The fourth-order valence-electron chi connectivity index (χ4n) is 2.65. The highest BCUT2D eigenvalue weighted by Crippen LogP contribution is 2.37. The molecule has 1 aromatic carbocycles. The number of rotatable bonds is 4. The third kappa shape index (κ3) is 2.61. The molecule has 0 spiro atoms. The Morgan fingerprint density at radius 3 is 2.71 bits per heavy atom. The van der Waals surface area contributed by atoms with Crippen LogP contribution in [-0.4, -0.2) is 18.8 Å². The van der Waals surface area contributed by atoms with E-state index in [0.29, 0.717) is 5.92 Å². The summed E-state index contributed by atoms with van der Waals surface area (Å²) < 4.78 is 5.27. The SMILES string of the molecule is COc1ccc(C2CCCC2)cc1C(O)CN. The summed E-state index contributed by atoms with van der Waals surface area (Å²) in [6.07, 6.45) is 4.50. The fraction of sp³-hybridized carbons (Fsp3) is 0.571. The van der Waals surface area contributed by atoms with E-state index in [-0.39, 0.29) is 6.54 Å². The number of aliphatic hydroxyl groups is 1. The third-order valence-electron chi connectivity index (χ3n) is 3.66. The second kappa shape index (κ2) is 5.52. The maximum Gasteiger partial charge on any atom is 0.124 e. The summed E-state index contributed by atoms with van der Waals surface area (Å²) in [5.41, 5.74) is 7.66. The summed E-state index contributed by atoms with van der Waals surface area (Å²) in [5, 5.41) is 9.90. The number of aliphatic hydroxyl groups excluding tert-OH is 1. The van der Waals surface area contributed by atoms with Crippen LogP contribution in [0.4, 0.5) is 0 Å². The quantitative estimate of drug-likeness (QED) is 0.842. The zero-order valence-electron chi connectivity index (χ0n) is 10.4. The highest BCUT2D eigenvalue weighted by atomic mass is 16.5. The van der Waals surface area contributed by atoms with Crippen molar-refractivity contribution in [2.45, 2.75) is 37.7 Å². The number of methoxy groups -OCH3 is 1. The lowest BCUT2D eigenvalue weighted by Crippen LogP contribution is -2.13. The molecule has 0 amide bonds. The van der Waals surface area contributed by atoms with Gasteiger partial charge in [-0.05, 0) is 36.5 Å². The van der Waals surface area contributed by atoms with E-state index in [1.807, 2.05) is 6.07 Å². The minimum Gasteiger partial charge on any atom is -0.496 e. The average molecular weight is 235 g/mol. The van der Waals surface area contributed by atoms with Crippen LogP contribution in [0, 0.1) is 0 Å². The Bertz CT molecular complexity index is 372. The third-order valence-corrected chi connectivity index (χ3v) is 3.66. The van der Waals surface area contributed by atoms with Crippen molar-refractivity contribution in [1.82, 2.24) is 0 Å². The first-order chi connectivity index (χ1) is 8.26. The second-order valence-corrected chi connectivity index (χ2v) is 4.73. The first kappa shape index (κ1) is 12.4. The zero-order valence-corrected chi connectivity index (χ0v) is 10.4. The molecule has 1 fully saturated rings. The van der Waals surface area contributed by atoms with Crippen LogP contribution in [0.3, 0.4) is 0 Å². The number of ether oxygens (including phenoxy) is 1. The highest BCUT2D eigenvalue weighted by Gasteiger charge is 2.20. The molecule has 3 N–H and O–H groups in total. The number of nitrogens with two attached hydrogens (primary N) is 1. The predicted octanol–water partition coefficient (Wildman–Crippen LogP) is 2.34. The van der Waals surface area contributed by atoms with E-state index < -0.39 is 6.10 Å². The standard InChI is InChI=1S/C14H21NO2/c1-17-14-7-6-11(10-4-2-3-5-10)8-12(14)13(16)9-15/h6-8,10,13,16H,2-5,9,15H2,1H3. The first-order valence-electron chi connectivity index (χ1n) is 6.32. The average Bonchev–Trinajstić information content (AvgIpc) is 2.91. The fourth-order valence-corrected chi connectivity index (χ4v) is 2.65. The monoisotopic (exact) mass is 235 g/mol. The Morgan fingerprint density at radius 2 is 2.12 bits per heavy atom. The Balaban J connectivity index is 2.30. The van der Waals surface area contributed by atoms with Crippen LogP contribution in [-0.2, 0) is 0 Å². The first-order valence-corrected chi connectivity index (χ1v) is 6.32. The van der Waals surface area contributed by atoms with Gasteiger partial charge in [0.1, 0.15) is 5.75 Å². The normalized spacial score (nSPS) is 18.3. The molecular weight excluding hydrogens is 214 g/mol. The highest BCUT2D eigenvalue weighted by molar-refractivity contribution is 5.40. The van der Waals surface area contributed by atoms with Gasteiger partial charge in [-0.25, -0.2) is 0 Å². The molecule has 0 saturated heterocycles. The largest absolute Gasteiger partial charge is 0.496 e. The van der Waals surface area contributed by atoms with Gasteiger partial charge in [0.15, 0.2) is 0 Å². The molecule has 0 bridgehead atoms. The smallest absolute Gasteiger partial charge is 0.124 e. The van der Waals surface area contributed by atoms with Gasteiger partial charge in [0.2, 0.25) is 0 Å². The molecule has 94 valence electrons. The van der Waals surface area contributed by atoms with Crippen molar-refractivity contribution < 1.29 is 9.84 Å². The molecule has 3 heteroatoms. The maximum absolute atomic E-state index is 9.90. The lowest BCUT2D eigenvalue weighted by Gasteiger charge is -2.17. The van der Waals surface area contributed by atoms with Crippen LogP contribution in [0.1, 0.15) is 48.8 Å². The van der Waals surface area contributed by atoms with Gasteiger partial charge < -0.3 is 15.6 Å². The van der Waals surface area contributed by atoms with Crippen LogP contribution in [0.5, 0.6) is 5.75 Å². The van der Waals surface area contributed by atoms with Crippen molar-refractivity contribution >= 4 is 0 Å². The molecular formula is C14H21NO2. The van der Waals surface area contributed by atoms with E-state index in [4.69, 9.17) is 10.5 Å².